The monoisotopic (exact) mass is 465 g/mol. The molecule has 0 unspecified atom stereocenters. The molecule has 172 valence electrons. The topological polar surface area (TPSA) is 95.6 Å². The highest BCUT2D eigenvalue weighted by Gasteiger charge is 2.39. The molecule has 0 fully saturated rings. The van der Waals surface area contributed by atoms with E-state index in [1.54, 1.807) is 24.0 Å². The van der Waals surface area contributed by atoms with E-state index in [9.17, 15) is 14.9 Å². The van der Waals surface area contributed by atoms with Crippen molar-refractivity contribution in [3.05, 3.63) is 76.2 Å². The summed E-state index contributed by atoms with van der Waals surface area (Å²) in [6.45, 7) is 7.02. The molecule has 1 aromatic carbocycles. The van der Waals surface area contributed by atoms with Crippen LogP contribution in [0.25, 0.3) is 5.70 Å². The van der Waals surface area contributed by atoms with Gasteiger partial charge < -0.3 is 19.4 Å². The number of carbonyl (C=O) groups is 2. The van der Waals surface area contributed by atoms with Gasteiger partial charge in [-0.1, -0.05) is 42.1 Å². The smallest absolute Gasteiger partial charge is 0.337 e. The molecule has 3 rings (SSSR count). The van der Waals surface area contributed by atoms with Crippen LogP contribution in [0.15, 0.2) is 69.3 Å². The number of nitrogens with zero attached hydrogens (tertiary/aromatic N) is 2. The first-order valence-corrected chi connectivity index (χ1v) is 11.9. The Hall–Kier alpha value is -3.44. The first-order valence-electron chi connectivity index (χ1n) is 10.9. The lowest BCUT2D eigenvalue weighted by molar-refractivity contribution is -0.138. The first-order chi connectivity index (χ1) is 16.0. The molecule has 1 aliphatic heterocycles. The average molecular weight is 466 g/mol. The van der Waals surface area contributed by atoms with Crippen LogP contribution in [0.4, 0.5) is 0 Å². The van der Waals surface area contributed by atoms with E-state index in [1.165, 1.54) is 18.0 Å². The molecule has 7 nitrogen and oxygen atoms in total. The number of furan rings is 1. The minimum atomic E-state index is -0.758. The number of dihydropyridines is 1. The first kappa shape index (κ1) is 24.2. The second-order valence-corrected chi connectivity index (χ2v) is 8.14. The van der Waals surface area contributed by atoms with Crippen molar-refractivity contribution in [3.63, 3.8) is 0 Å². The highest BCUT2D eigenvalue weighted by molar-refractivity contribution is 8.03. The van der Waals surface area contributed by atoms with Gasteiger partial charge in [-0.25, -0.2) is 4.79 Å². The number of esters is 1. The summed E-state index contributed by atoms with van der Waals surface area (Å²) in [4.78, 5) is 27.5. The lowest BCUT2D eigenvalue weighted by atomic mass is 9.84. The molecule has 0 radical (unpaired) electrons. The van der Waals surface area contributed by atoms with Crippen molar-refractivity contribution in [1.29, 1.82) is 5.26 Å². The normalized spacial score (nSPS) is 15.6. The summed E-state index contributed by atoms with van der Waals surface area (Å²) in [7, 11) is 0. The second-order valence-electron chi connectivity index (χ2n) is 7.16. The second kappa shape index (κ2) is 11.4. The summed E-state index contributed by atoms with van der Waals surface area (Å²) in [5.41, 5.74) is 1.91. The Morgan fingerprint density at radius 2 is 1.88 bits per heavy atom. The molecule has 2 aromatic rings. The van der Waals surface area contributed by atoms with E-state index in [0.29, 0.717) is 40.7 Å². The standard InChI is InChI=1S/C25H27N3O4S/c1-4-28(5-2)20(29)16-33-24-18(15-26)21(19-13-10-14-32-19)22(25(30)31-6-3)23(27-24)17-11-8-7-9-12-17/h7-14,21,27H,4-6,16H2,1-3H3/t21-/m0/s1. The summed E-state index contributed by atoms with van der Waals surface area (Å²) < 4.78 is 11.0. The van der Waals surface area contributed by atoms with Gasteiger partial charge in [-0.15, -0.1) is 0 Å². The number of amides is 1. The maximum Gasteiger partial charge on any atom is 0.337 e. The van der Waals surface area contributed by atoms with Crippen LogP contribution >= 0.6 is 11.8 Å². The molecule has 0 saturated carbocycles. The molecule has 1 aliphatic rings. The number of allylic oxidation sites excluding steroid dienone is 1. The van der Waals surface area contributed by atoms with E-state index in [-0.39, 0.29) is 18.3 Å². The lowest BCUT2D eigenvalue weighted by Crippen LogP contribution is -2.33. The van der Waals surface area contributed by atoms with Crippen LogP contribution in [0.3, 0.4) is 0 Å². The maximum absolute atomic E-state index is 13.1. The predicted molar refractivity (Wildman–Crippen MR) is 128 cm³/mol. The Morgan fingerprint density at radius 3 is 2.45 bits per heavy atom. The third-order valence-corrected chi connectivity index (χ3v) is 6.29. The maximum atomic E-state index is 13.1. The Bertz CT molecular complexity index is 1080. The van der Waals surface area contributed by atoms with Crippen molar-refractivity contribution in [2.45, 2.75) is 26.7 Å². The molecule has 1 atom stereocenters. The van der Waals surface area contributed by atoms with Gasteiger partial charge in [-0.05, 0) is 38.5 Å². The molecule has 0 aliphatic carbocycles. The number of hydrogen-bond acceptors (Lipinski definition) is 7. The molecule has 0 bridgehead atoms. The van der Waals surface area contributed by atoms with Crippen LogP contribution in [-0.4, -0.2) is 42.2 Å². The summed E-state index contributed by atoms with van der Waals surface area (Å²) in [6, 6.07) is 15.1. The number of nitriles is 1. The molecular formula is C25H27N3O4S. The fourth-order valence-electron chi connectivity index (χ4n) is 3.70. The quantitative estimate of drug-likeness (QED) is 0.552. The van der Waals surface area contributed by atoms with Gasteiger partial charge in [0.25, 0.3) is 0 Å². The number of nitrogens with one attached hydrogen (secondary N) is 1. The third kappa shape index (κ3) is 5.32. The number of rotatable bonds is 9. The Balaban J connectivity index is 2.12. The van der Waals surface area contributed by atoms with Gasteiger partial charge in [0.05, 0.1) is 52.5 Å². The Kier molecular flexibility index (Phi) is 8.39. The van der Waals surface area contributed by atoms with Crippen molar-refractivity contribution < 1.29 is 18.7 Å². The number of carbonyl (C=O) groups excluding carboxylic acids is 2. The zero-order valence-corrected chi connectivity index (χ0v) is 19.8. The molecule has 1 aromatic heterocycles. The van der Waals surface area contributed by atoms with E-state index in [1.807, 2.05) is 44.2 Å². The molecule has 1 N–H and O–H groups in total. The zero-order chi connectivity index (χ0) is 23.8. The van der Waals surface area contributed by atoms with Gasteiger partial charge in [0.15, 0.2) is 0 Å². The van der Waals surface area contributed by atoms with E-state index in [0.717, 1.165) is 5.56 Å². The van der Waals surface area contributed by atoms with Gasteiger partial charge in [0.1, 0.15) is 5.76 Å². The SMILES string of the molecule is CCOC(=O)C1=C(c2ccccc2)NC(SCC(=O)N(CC)CC)=C(C#N)[C@H]1c1ccco1. The molecule has 33 heavy (non-hydrogen) atoms. The number of ether oxygens (including phenoxy) is 1. The van der Waals surface area contributed by atoms with E-state index in [4.69, 9.17) is 9.15 Å². The van der Waals surface area contributed by atoms with Crippen LogP contribution in [0.5, 0.6) is 0 Å². The molecule has 1 amide bonds. The molecule has 0 saturated heterocycles. The summed E-state index contributed by atoms with van der Waals surface area (Å²) in [6.07, 6.45) is 1.51. The van der Waals surface area contributed by atoms with Crippen LogP contribution in [0, 0.1) is 11.3 Å². The Morgan fingerprint density at radius 1 is 1.15 bits per heavy atom. The highest BCUT2D eigenvalue weighted by atomic mass is 32.2. The van der Waals surface area contributed by atoms with Gasteiger partial charge in [0, 0.05) is 13.1 Å². The minimum absolute atomic E-state index is 0.0208. The molecule has 8 heteroatoms. The summed E-state index contributed by atoms with van der Waals surface area (Å²) >= 11 is 1.25. The van der Waals surface area contributed by atoms with E-state index in [2.05, 4.69) is 11.4 Å². The average Bonchev–Trinajstić information content (AvgIpc) is 3.37. The van der Waals surface area contributed by atoms with Gasteiger partial charge in [-0.2, -0.15) is 5.26 Å². The fourth-order valence-corrected chi connectivity index (χ4v) is 4.64. The van der Waals surface area contributed by atoms with Crippen molar-refractivity contribution in [1.82, 2.24) is 10.2 Å². The summed E-state index contributed by atoms with van der Waals surface area (Å²) in [5, 5.41) is 13.9. The highest BCUT2D eigenvalue weighted by Crippen LogP contribution is 2.43. The third-order valence-electron chi connectivity index (χ3n) is 5.29. The Labute approximate surface area is 198 Å². The summed E-state index contributed by atoms with van der Waals surface area (Å²) in [5.74, 6) is -0.685. The number of benzene rings is 1. The van der Waals surface area contributed by atoms with Gasteiger partial charge >= 0.3 is 5.97 Å². The lowest BCUT2D eigenvalue weighted by Gasteiger charge is -2.29. The van der Waals surface area contributed by atoms with Crippen LogP contribution < -0.4 is 5.32 Å². The largest absolute Gasteiger partial charge is 0.468 e. The van der Waals surface area contributed by atoms with E-state index < -0.39 is 11.9 Å². The minimum Gasteiger partial charge on any atom is -0.468 e. The predicted octanol–water partition coefficient (Wildman–Crippen LogP) is 4.28. The van der Waals surface area contributed by atoms with Gasteiger partial charge in [0.2, 0.25) is 5.91 Å². The number of thioether (sulfide) groups is 1. The van der Waals surface area contributed by atoms with Crippen molar-refractivity contribution in [3.8, 4) is 6.07 Å². The van der Waals surface area contributed by atoms with Crippen molar-refractivity contribution in [2.24, 2.45) is 0 Å². The van der Waals surface area contributed by atoms with Crippen molar-refractivity contribution >= 4 is 29.3 Å². The molecule has 0 spiro atoms. The number of hydrogen-bond donors (Lipinski definition) is 1. The molecular weight excluding hydrogens is 438 g/mol. The van der Waals surface area contributed by atoms with Gasteiger partial charge in [-0.3, -0.25) is 4.79 Å². The van der Waals surface area contributed by atoms with Crippen LogP contribution in [0.1, 0.15) is 38.0 Å². The van der Waals surface area contributed by atoms with Crippen LogP contribution in [0.2, 0.25) is 0 Å². The van der Waals surface area contributed by atoms with Crippen molar-refractivity contribution in [2.75, 3.05) is 25.4 Å². The fraction of sp³-hybridized carbons (Fsp3) is 0.320. The van der Waals surface area contributed by atoms with E-state index >= 15 is 0 Å². The zero-order valence-electron chi connectivity index (χ0n) is 19.0. The molecule has 2 heterocycles. The van der Waals surface area contributed by atoms with Crippen LogP contribution in [-0.2, 0) is 14.3 Å².